The standard InChI is InChI=1S/C13H22N2O5/c1-3-4-7-20-13(18)15-10(12(17)19-2)8-9-5-6-14-11(9)16/h9-10H,3-8H2,1-2H3,(H,14,16)(H,15,18). The van der Waals surface area contributed by atoms with E-state index >= 15 is 0 Å². The number of rotatable bonds is 7. The maximum atomic E-state index is 11.6. The van der Waals surface area contributed by atoms with Crippen LogP contribution in [0.4, 0.5) is 4.79 Å². The molecule has 7 nitrogen and oxygen atoms in total. The van der Waals surface area contributed by atoms with Crippen LogP contribution in [0.25, 0.3) is 0 Å². The Kier molecular flexibility index (Phi) is 6.83. The number of esters is 1. The number of carbonyl (C=O) groups excluding carboxylic acids is 3. The molecule has 2 amide bonds. The van der Waals surface area contributed by atoms with Gasteiger partial charge in [-0.2, -0.15) is 0 Å². The first-order chi connectivity index (χ1) is 9.58. The van der Waals surface area contributed by atoms with E-state index in [1.165, 1.54) is 7.11 Å². The van der Waals surface area contributed by atoms with Crippen LogP contribution in [-0.4, -0.2) is 44.3 Å². The molecule has 0 spiro atoms. The van der Waals surface area contributed by atoms with E-state index < -0.39 is 18.1 Å². The Morgan fingerprint density at radius 1 is 1.50 bits per heavy atom. The molecule has 7 heteroatoms. The molecule has 2 unspecified atom stereocenters. The number of nitrogens with one attached hydrogen (secondary N) is 2. The molecule has 2 N–H and O–H groups in total. The minimum Gasteiger partial charge on any atom is -0.467 e. The van der Waals surface area contributed by atoms with Gasteiger partial charge in [-0.3, -0.25) is 4.79 Å². The van der Waals surface area contributed by atoms with Crippen molar-refractivity contribution in [3.05, 3.63) is 0 Å². The fraction of sp³-hybridized carbons (Fsp3) is 0.769. The summed E-state index contributed by atoms with van der Waals surface area (Å²) in [6.45, 7) is 2.88. The topological polar surface area (TPSA) is 93.7 Å². The van der Waals surface area contributed by atoms with Crippen molar-refractivity contribution < 1.29 is 23.9 Å². The number of alkyl carbamates (subject to hydrolysis) is 1. The Morgan fingerprint density at radius 3 is 2.80 bits per heavy atom. The summed E-state index contributed by atoms with van der Waals surface area (Å²) in [4.78, 5) is 34.7. The summed E-state index contributed by atoms with van der Waals surface area (Å²) in [6, 6.07) is -0.858. The minimum atomic E-state index is -0.858. The van der Waals surface area contributed by atoms with Crippen molar-refractivity contribution in [1.29, 1.82) is 0 Å². The SMILES string of the molecule is CCCCOC(=O)NC(CC1CCNC1=O)C(=O)OC. The molecule has 0 aromatic carbocycles. The second-order valence-corrected chi connectivity index (χ2v) is 4.72. The molecule has 0 saturated carbocycles. The fourth-order valence-electron chi connectivity index (χ4n) is 2.00. The molecule has 1 aliphatic heterocycles. The summed E-state index contributed by atoms with van der Waals surface area (Å²) in [6.07, 6.45) is 1.89. The zero-order chi connectivity index (χ0) is 15.0. The van der Waals surface area contributed by atoms with Crippen LogP contribution in [0.3, 0.4) is 0 Å². The summed E-state index contributed by atoms with van der Waals surface area (Å²) in [5, 5.41) is 5.15. The van der Waals surface area contributed by atoms with Gasteiger partial charge in [-0.05, 0) is 19.3 Å². The van der Waals surface area contributed by atoms with Gasteiger partial charge in [0.2, 0.25) is 5.91 Å². The average molecular weight is 286 g/mol. The summed E-state index contributed by atoms with van der Waals surface area (Å²) < 4.78 is 9.58. The maximum Gasteiger partial charge on any atom is 0.407 e. The predicted octanol–water partition coefficient (Wildman–Crippen LogP) is 0.581. The number of hydrogen-bond donors (Lipinski definition) is 2. The first kappa shape index (κ1) is 16.3. The molecule has 2 atom stereocenters. The lowest BCUT2D eigenvalue weighted by Gasteiger charge is -2.18. The van der Waals surface area contributed by atoms with Crippen LogP contribution in [0.2, 0.25) is 0 Å². The lowest BCUT2D eigenvalue weighted by atomic mass is 9.98. The minimum absolute atomic E-state index is 0.0972. The molecule has 0 aromatic heterocycles. The van der Waals surface area contributed by atoms with Gasteiger partial charge >= 0.3 is 12.1 Å². The fourth-order valence-corrected chi connectivity index (χ4v) is 2.00. The van der Waals surface area contributed by atoms with Crippen molar-refractivity contribution in [3.63, 3.8) is 0 Å². The lowest BCUT2D eigenvalue weighted by molar-refractivity contribution is -0.143. The van der Waals surface area contributed by atoms with Crippen LogP contribution in [0.1, 0.15) is 32.6 Å². The number of methoxy groups -OCH3 is 1. The highest BCUT2D eigenvalue weighted by atomic mass is 16.6. The molecule has 1 saturated heterocycles. The first-order valence-corrected chi connectivity index (χ1v) is 6.87. The molecule has 0 bridgehead atoms. The highest BCUT2D eigenvalue weighted by Crippen LogP contribution is 2.16. The summed E-state index contributed by atoms with van der Waals surface area (Å²) in [5.74, 6) is -0.952. The van der Waals surface area contributed by atoms with Crippen LogP contribution in [0, 0.1) is 5.92 Å². The quantitative estimate of drug-likeness (QED) is 0.527. The Balaban J connectivity index is 2.49. The zero-order valence-corrected chi connectivity index (χ0v) is 11.9. The first-order valence-electron chi connectivity index (χ1n) is 6.87. The van der Waals surface area contributed by atoms with Crippen molar-refractivity contribution in [1.82, 2.24) is 10.6 Å². The van der Waals surface area contributed by atoms with Crippen molar-refractivity contribution in [2.45, 2.75) is 38.6 Å². The van der Waals surface area contributed by atoms with E-state index in [9.17, 15) is 14.4 Å². The maximum absolute atomic E-state index is 11.6. The Hall–Kier alpha value is -1.79. The summed E-state index contributed by atoms with van der Waals surface area (Å²) in [5.41, 5.74) is 0. The highest BCUT2D eigenvalue weighted by Gasteiger charge is 2.32. The monoisotopic (exact) mass is 286 g/mol. The highest BCUT2D eigenvalue weighted by molar-refractivity contribution is 5.84. The van der Waals surface area contributed by atoms with Gasteiger partial charge in [-0.15, -0.1) is 0 Å². The molecule has 0 radical (unpaired) electrons. The van der Waals surface area contributed by atoms with E-state index in [0.29, 0.717) is 19.6 Å². The van der Waals surface area contributed by atoms with Crippen molar-refractivity contribution in [2.75, 3.05) is 20.3 Å². The second-order valence-electron chi connectivity index (χ2n) is 4.72. The predicted molar refractivity (Wildman–Crippen MR) is 70.9 cm³/mol. The van der Waals surface area contributed by atoms with Gasteiger partial charge in [0.05, 0.1) is 13.7 Å². The smallest absolute Gasteiger partial charge is 0.407 e. The van der Waals surface area contributed by atoms with Gasteiger partial charge in [-0.25, -0.2) is 9.59 Å². The molecular weight excluding hydrogens is 264 g/mol. The van der Waals surface area contributed by atoms with E-state index in [1.54, 1.807) is 0 Å². The van der Waals surface area contributed by atoms with Gasteiger partial charge in [0.25, 0.3) is 0 Å². The Morgan fingerprint density at radius 2 is 2.25 bits per heavy atom. The van der Waals surface area contributed by atoms with E-state index in [2.05, 4.69) is 15.4 Å². The molecule has 20 heavy (non-hydrogen) atoms. The molecule has 1 fully saturated rings. The molecule has 1 heterocycles. The number of unbranched alkanes of at least 4 members (excludes halogenated alkanes) is 1. The molecule has 114 valence electrons. The number of ether oxygens (including phenoxy) is 2. The van der Waals surface area contributed by atoms with Crippen molar-refractivity contribution >= 4 is 18.0 Å². The number of hydrogen-bond acceptors (Lipinski definition) is 5. The second kappa shape index (κ2) is 8.39. The summed E-state index contributed by atoms with van der Waals surface area (Å²) in [7, 11) is 1.24. The van der Waals surface area contributed by atoms with Crippen LogP contribution >= 0.6 is 0 Å². The van der Waals surface area contributed by atoms with Gasteiger partial charge in [0.15, 0.2) is 0 Å². The average Bonchev–Trinajstić information content (AvgIpc) is 2.83. The molecular formula is C13H22N2O5. The molecule has 1 rings (SSSR count). The van der Waals surface area contributed by atoms with Gasteiger partial charge < -0.3 is 20.1 Å². The number of amides is 2. The van der Waals surface area contributed by atoms with Crippen molar-refractivity contribution in [2.24, 2.45) is 5.92 Å². The lowest BCUT2D eigenvalue weighted by Crippen LogP contribution is -2.43. The summed E-state index contributed by atoms with van der Waals surface area (Å²) >= 11 is 0. The van der Waals surface area contributed by atoms with E-state index in [1.807, 2.05) is 6.92 Å². The molecule has 1 aliphatic rings. The number of carbonyl (C=O) groups is 3. The van der Waals surface area contributed by atoms with Crippen LogP contribution in [-0.2, 0) is 19.1 Å². The Bertz CT molecular complexity index is 359. The third kappa shape index (κ3) is 5.07. The van der Waals surface area contributed by atoms with Gasteiger partial charge in [-0.1, -0.05) is 13.3 Å². The Labute approximate surface area is 118 Å². The molecule has 0 aromatic rings. The molecule has 0 aliphatic carbocycles. The van der Waals surface area contributed by atoms with E-state index in [-0.39, 0.29) is 18.2 Å². The van der Waals surface area contributed by atoms with E-state index in [4.69, 9.17) is 4.74 Å². The third-order valence-electron chi connectivity index (χ3n) is 3.19. The van der Waals surface area contributed by atoms with Crippen molar-refractivity contribution in [3.8, 4) is 0 Å². The van der Waals surface area contributed by atoms with Gasteiger partial charge in [0.1, 0.15) is 6.04 Å². The van der Waals surface area contributed by atoms with Crippen LogP contribution in [0.5, 0.6) is 0 Å². The normalized spacial score (nSPS) is 19.1. The largest absolute Gasteiger partial charge is 0.467 e. The van der Waals surface area contributed by atoms with Crippen LogP contribution in [0.15, 0.2) is 0 Å². The third-order valence-corrected chi connectivity index (χ3v) is 3.19. The van der Waals surface area contributed by atoms with Gasteiger partial charge in [0, 0.05) is 12.5 Å². The van der Waals surface area contributed by atoms with Crippen LogP contribution < -0.4 is 10.6 Å². The zero-order valence-electron chi connectivity index (χ0n) is 11.9. The van der Waals surface area contributed by atoms with E-state index in [0.717, 1.165) is 12.8 Å².